The van der Waals surface area contributed by atoms with E-state index in [1.54, 1.807) is 14.2 Å². The highest BCUT2D eigenvalue weighted by molar-refractivity contribution is 5.60. The van der Waals surface area contributed by atoms with Gasteiger partial charge in [-0.15, -0.1) is 0 Å². The van der Waals surface area contributed by atoms with Crippen LogP contribution >= 0.6 is 0 Å². The Hall–Kier alpha value is -3.34. The van der Waals surface area contributed by atoms with E-state index in [2.05, 4.69) is 0 Å². The van der Waals surface area contributed by atoms with Crippen LogP contribution in [0.1, 0.15) is 33.4 Å². The Kier molecular flexibility index (Phi) is 5.38. The molecule has 2 aliphatic carbocycles. The predicted octanol–water partition coefficient (Wildman–Crippen LogP) is 5.10. The van der Waals surface area contributed by atoms with Crippen molar-refractivity contribution in [1.29, 1.82) is 0 Å². The maximum atomic E-state index is 12.9. The van der Waals surface area contributed by atoms with Crippen molar-refractivity contribution >= 4 is 0 Å². The van der Waals surface area contributed by atoms with Crippen LogP contribution in [0.25, 0.3) is 0 Å². The SMILES string of the molecule is COC1=CC=C(OC)C2C1[C@@](O)(c1ccccc1)c1c(C)ccc(C)c1[C@@]2(O)c1ccccc1. The van der Waals surface area contributed by atoms with Gasteiger partial charge in [-0.25, -0.2) is 0 Å². The molecule has 0 spiro atoms. The van der Waals surface area contributed by atoms with Gasteiger partial charge in [0.1, 0.15) is 22.7 Å². The molecule has 2 unspecified atom stereocenters. The first-order valence-electron chi connectivity index (χ1n) is 11.6. The van der Waals surface area contributed by atoms with Crippen LogP contribution in [0, 0.1) is 25.7 Å². The Morgan fingerprint density at radius 3 is 1.26 bits per heavy atom. The third kappa shape index (κ3) is 2.92. The second-order valence-corrected chi connectivity index (χ2v) is 9.22. The normalized spacial score (nSPS) is 27.7. The van der Waals surface area contributed by atoms with Gasteiger partial charge >= 0.3 is 0 Å². The van der Waals surface area contributed by atoms with Crippen LogP contribution < -0.4 is 0 Å². The van der Waals surface area contributed by atoms with Crippen molar-refractivity contribution in [1.82, 2.24) is 0 Å². The summed E-state index contributed by atoms with van der Waals surface area (Å²) in [6.07, 6.45) is 3.69. The third-order valence-electron chi connectivity index (χ3n) is 7.54. The predicted molar refractivity (Wildman–Crippen MR) is 132 cm³/mol. The average molecular weight is 455 g/mol. The average Bonchev–Trinajstić information content (AvgIpc) is 2.88. The molecule has 4 heteroatoms. The number of rotatable bonds is 4. The lowest BCUT2D eigenvalue weighted by Crippen LogP contribution is -2.57. The molecule has 5 rings (SSSR count). The minimum Gasteiger partial charge on any atom is -0.501 e. The van der Waals surface area contributed by atoms with Crippen LogP contribution in [0.3, 0.4) is 0 Å². The molecule has 0 saturated heterocycles. The molecule has 3 aromatic carbocycles. The molecule has 4 atom stereocenters. The van der Waals surface area contributed by atoms with E-state index in [-0.39, 0.29) is 0 Å². The highest BCUT2D eigenvalue weighted by Crippen LogP contribution is 2.62. The molecule has 3 aromatic rings. The summed E-state index contributed by atoms with van der Waals surface area (Å²) >= 11 is 0. The number of hydrogen-bond acceptors (Lipinski definition) is 4. The highest BCUT2D eigenvalue weighted by atomic mass is 16.5. The smallest absolute Gasteiger partial charge is 0.126 e. The first-order chi connectivity index (χ1) is 16.4. The fourth-order valence-corrected chi connectivity index (χ4v) is 6.12. The zero-order valence-electron chi connectivity index (χ0n) is 19.9. The number of hydrogen-bond donors (Lipinski definition) is 2. The molecule has 0 radical (unpaired) electrons. The van der Waals surface area contributed by atoms with Gasteiger partial charge in [-0.3, -0.25) is 0 Å². The van der Waals surface area contributed by atoms with Crippen molar-refractivity contribution in [3.63, 3.8) is 0 Å². The summed E-state index contributed by atoms with van der Waals surface area (Å²) in [7, 11) is 3.22. The molecular formula is C30H30O4. The molecule has 34 heavy (non-hydrogen) atoms. The number of methoxy groups -OCH3 is 2. The summed E-state index contributed by atoms with van der Waals surface area (Å²) in [6.45, 7) is 3.98. The first kappa shape index (κ1) is 22.5. The molecule has 174 valence electrons. The lowest BCUT2D eigenvalue weighted by Gasteiger charge is -2.55. The van der Waals surface area contributed by atoms with Gasteiger partial charge in [0.25, 0.3) is 0 Å². The summed E-state index contributed by atoms with van der Waals surface area (Å²) in [4.78, 5) is 0. The summed E-state index contributed by atoms with van der Waals surface area (Å²) in [5.74, 6) is -0.0627. The van der Waals surface area contributed by atoms with Gasteiger partial charge < -0.3 is 19.7 Å². The van der Waals surface area contributed by atoms with Gasteiger partial charge in [0, 0.05) is 0 Å². The van der Waals surface area contributed by atoms with E-state index in [1.165, 1.54) is 0 Å². The number of allylic oxidation sites excluding steroid dienone is 2. The monoisotopic (exact) mass is 454 g/mol. The molecule has 2 aliphatic rings. The van der Waals surface area contributed by atoms with Crippen molar-refractivity contribution in [2.75, 3.05) is 14.2 Å². The second-order valence-electron chi connectivity index (χ2n) is 9.22. The largest absolute Gasteiger partial charge is 0.501 e. The molecular weight excluding hydrogens is 424 g/mol. The van der Waals surface area contributed by atoms with Gasteiger partial charge in [0.2, 0.25) is 0 Å². The summed E-state index contributed by atoms with van der Waals surface area (Å²) in [5.41, 5.74) is 1.81. The van der Waals surface area contributed by atoms with Gasteiger partial charge in [0.05, 0.1) is 26.1 Å². The number of aryl methyl sites for hydroxylation is 2. The maximum Gasteiger partial charge on any atom is 0.126 e. The van der Waals surface area contributed by atoms with Crippen LogP contribution in [0.2, 0.25) is 0 Å². The Morgan fingerprint density at radius 2 is 0.941 bits per heavy atom. The van der Waals surface area contributed by atoms with E-state index in [0.29, 0.717) is 22.6 Å². The number of fused-ring (bicyclic) bond motifs is 2. The Bertz CT molecular complexity index is 1180. The van der Waals surface area contributed by atoms with Gasteiger partial charge in [-0.1, -0.05) is 72.8 Å². The quantitative estimate of drug-likeness (QED) is 0.576. The minimum atomic E-state index is -1.46. The van der Waals surface area contributed by atoms with Crippen molar-refractivity contribution < 1.29 is 19.7 Å². The zero-order chi connectivity index (χ0) is 24.1. The van der Waals surface area contributed by atoms with Crippen LogP contribution in [0.5, 0.6) is 0 Å². The van der Waals surface area contributed by atoms with Gasteiger partial charge in [-0.05, 0) is 59.4 Å². The number of benzene rings is 3. The third-order valence-corrected chi connectivity index (χ3v) is 7.54. The zero-order valence-corrected chi connectivity index (χ0v) is 19.9. The van der Waals surface area contributed by atoms with Crippen molar-refractivity contribution in [2.24, 2.45) is 11.8 Å². The molecule has 0 saturated carbocycles. The minimum absolute atomic E-state index is 0.595. The molecule has 0 amide bonds. The van der Waals surface area contributed by atoms with Crippen LogP contribution in [-0.2, 0) is 20.7 Å². The Morgan fingerprint density at radius 1 is 0.588 bits per heavy atom. The Balaban J connectivity index is 1.98. The molecule has 0 bridgehead atoms. The van der Waals surface area contributed by atoms with E-state index in [1.807, 2.05) is 98.8 Å². The fraction of sp³-hybridized carbons (Fsp3) is 0.267. The standard InChI is InChI=1S/C30H30O4/c1-19-15-16-20(2)26-25(19)29(31,21-11-7-5-8-12-21)27-23(33-3)17-18-24(34-4)28(27)30(26,32)22-13-9-6-10-14-22/h5-18,27-28,31-32H,1-4H3/t27?,28?,29-,30+. The molecule has 0 aliphatic heterocycles. The van der Waals surface area contributed by atoms with Gasteiger partial charge in [0.15, 0.2) is 0 Å². The molecule has 0 heterocycles. The lowest BCUT2D eigenvalue weighted by atomic mass is 9.52. The van der Waals surface area contributed by atoms with Crippen LogP contribution in [0.4, 0.5) is 0 Å². The van der Waals surface area contributed by atoms with E-state index in [9.17, 15) is 10.2 Å². The molecule has 0 aromatic heterocycles. The van der Waals surface area contributed by atoms with E-state index in [0.717, 1.165) is 22.3 Å². The highest BCUT2D eigenvalue weighted by Gasteiger charge is 2.63. The van der Waals surface area contributed by atoms with E-state index >= 15 is 0 Å². The van der Waals surface area contributed by atoms with Crippen LogP contribution in [-0.4, -0.2) is 24.4 Å². The fourth-order valence-electron chi connectivity index (χ4n) is 6.12. The topological polar surface area (TPSA) is 58.9 Å². The number of ether oxygens (including phenoxy) is 2. The van der Waals surface area contributed by atoms with E-state index in [4.69, 9.17) is 9.47 Å². The molecule has 0 fully saturated rings. The first-order valence-corrected chi connectivity index (χ1v) is 11.6. The summed E-state index contributed by atoms with van der Waals surface area (Å²) in [6, 6.07) is 23.4. The van der Waals surface area contributed by atoms with E-state index < -0.39 is 23.0 Å². The number of aliphatic hydroxyl groups is 2. The van der Waals surface area contributed by atoms with Crippen molar-refractivity contribution in [2.45, 2.75) is 25.0 Å². The van der Waals surface area contributed by atoms with Crippen molar-refractivity contribution in [3.05, 3.63) is 130 Å². The maximum absolute atomic E-state index is 12.9. The molecule has 4 nitrogen and oxygen atoms in total. The molecule has 2 N–H and O–H groups in total. The van der Waals surface area contributed by atoms with Crippen LogP contribution in [0.15, 0.2) is 96.5 Å². The Labute approximate surface area is 200 Å². The summed E-state index contributed by atoms with van der Waals surface area (Å²) < 4.78 is 11.7. The second kappa shape index (κ2) is 8.15. The van der Waals surface area contributed by atoms with Gasteiger partial charge in [-0.2, -0.15) is 0 Å². The summed E-state index contributed by atoms with van der Waals surface area (Å²) in [5, 5.41) is 25.7. The van der Waals surface area contributed by atoms with Crippen molar-refractivity contribution in [3.8, 4) is 0 Å². The lowest BCUT2D eigenvalue weighted by molar-refractivity contribution is -0.107.